The number of benzene rings is 1. The fourth-order valence-electron chi connectivity index (χ4n) is 0.988. The van der Waals surface area contributed by atoms with Crippen LogP contribution in [0.15, 0.2) is 24.3 Å². The highest BCUT2D eigenvalue weighted by Crippen LogP contribution is 2.21. The van der Waals surface area contributed by atoms with Crippen LogP contribution in [0.1, 0.15) is 18.9 Å². The van der Waals surface area contributed by atoms with E-state index in [-0.39, 0.29) is 5.56 Å². The topological polar surface area (TPSA) is 12.0 Å². The van der Waals surface area contributed by atoms with Crippen LogP contribution >= 0.6 is 0 Å². The first kappa shape index (κ1) is 8.97. The number of alkyl halides is 2. The van der Waals surface area contributed by atoms with E-state index in [0.29, 0.717) is 0 Å². The van der Waals surface area contributed by atoms with Crippen LogP contribution in [0.5, 0.6) is 0 Å². The lowest BCUT2D eigenvalue weighted by Gasteiger charge is -2.04. The van der Waals surface area contributed by atoms with E-state index in [1.165, 1.54) is 12.1 Å². The molecule has 0 aliphatic heterocycles. The highest BCUT2D eigenvalue weighted by Gasteiger charge is 2.05. The van der Waals surface area contributed by atoms with Crippen LogP contribution in [0.25, 0.3) is 0 Å². The molecule has 1 aromatic carbocycles. The molecular formula is C9H11F2N. The molecule has 0 amide bonds. The molecule has 1 N–H and O–H groups in total. The highest BCUT2D eigenvalue weighted by atomic mass is 19.3. The second-order valence-corrected chi connectivity index (χ2v) is 2.46. The van der Waals surface area contributed by atoms with Crippen molar-refractivity contribution in [3.05, 3.63) is 29.8 Å². The Morgan fingerprint density at radius 3 is 2.75 bits per heavy atom. The van der Waals surface area contributed by atoms with Gasteiger partial charge in [0.1, 0.15) is 0 Å². The molecule has 1 aromatic rings. The zero-order valence-electron chi connectivity index (χ0n) is 6.85. The summed E-state index contributed by atoms with van der Waals surface area (Å²) >= 11 is 0. The minimum atomic E-state index is -2.39. The van der Waals surface area contributed by atoms with Gasteiger partial charge in [-0.25, -0.2) is 8.78 Å². The normalized spacial score (nSPS) is 10.3. The average Bonchev–Trinajstić information content (AvgIpc) is 2.05. The van der Waals surface area contributed by atoms with Crippen LogP contribution in [0.4, 0.5) is 14.5 Å². The number of anilines is 1. The van der Waals surface area contributed by atoms with Crippen LogP contribution in [0, 0.1) is 0 Å². The molecule has 1 nitrogen and oxygen atoms in total. The predicted octanol–water partition coefficient (Wildman–Crippen LogP) is 3.06. The molecule has 0 saturated carbocycles. The Balaban J connectivity index is 2.81. The van der Waals surface area contributed by atoms with E-state index < -0.39 is 6.43 Å². The first-order chi connectivity index (χ1) is 5.74. The quantitative estimate of drug-likeness (QED) is 0.737. The maximum Gasteiger partial charge on any atom is 0.263 e. The van der Waals surface area contributed by atoms with Crippen LogP contribution < -0.4 is 5.32 Å². The summed E-state index contributed by atoms with van der Waals surface area (Å²) in [7, 11) is 0. The Bertz CT molecular complexity index is 248. The van der Waals surface area contributed by atoms with Crippen molar-refractivity contribution < 1.29 is 8.78 Å². The monoisotopic (exact) mass is 171 g/mol. The summed E-state index contributed by atoms with van der Waals surface area (Å²) in [6.45, 7) is 2.67. The predicted molar refractivity (Wildman–Crippen MR) is 45.6 cm³/mol. The summed E-state index contributed by atoms with van der Waals surface area (Å²) in [6, 6.07) is 6.29. The second kappa shape index (κ2) is 4.04. The number of rotatable bonds is 3. The van der Waals surface area contributed by atoms with Crippen molar-refractivity contribution in [1.82, 2.24) is 0 Å². The molecular weight excluding hydrogens is 160 g/mol. The maximum absolute atomic E-state index is 12.2. The van der Waals surface area contributed by atoms with Gasteiger partial charge in [0.05, 0.1) is 0 Å². The number of hydrogen-bond acceptors (Lipinski definition) is 1. The molecule has 0 heterocycles. The molecule has 1 rings (SSSR count). The Morgan fingerprint density at radius 2 is 2.17 bits per heavy atom. The van der Waals surface area contributed by atoms with Crippen molar-refractivity contribution in [3.63, 3.8) is 0 Å². The fraction of sp³-hybridized carbons (Fsp3) is 0.333. The smallest absolute Gasteiger partial charge is 0.263 e. The van der Waals surface area contributed by atoms with E-state index in [9.17, 15) is 8.78 Å². The zero-order chi connectivity index (χ0) is 8.97. The van der Waals surface area contributed by atoms with Gasteiger partial charge in [0.15, 0.2) is 0 Å². The molecule has 0 aliphatic rings. The van der Waals surface area contributed by atoms with Crippen molar-refractivity contribution in [2.75, 3.05) is 11.9 Å². The molecule has 0 unspecified atom stereocenters. The molecule has 0 fully saturated rings. The average molecular weight is 171 g/mol. The second-order valence-electron chi connectivity index (χ2n) is 2.46. The summed E-state index contributed by atoms with van der Waals surface area (Å²) in [5.41, 5.74) is 0.809. The SMILES string of the molecule is CCNc1cccc(C(F)F)c1. The van der Waals surface area contributed by atoms with E-state index in [0.717, 1.165) is 12.2 Å². The Kier molecular flexibility index (Phi) is 3.02. The summed E-state index contributed by atoms with van der Waals surface area (Å²) in [5.74, 6) is 0. The van der Waals surface area contributed by atoms with Crippen LogP contribution in [0.2, 0.25) is 0 Å². The van der Waals surface area contributed by atoms with Gasteiger partial charge >= 0.3 is 0 Å². The van der Waals surface area contributed by atoms with Crippen molar-refractivity contribution >= 4 is 5.69 Å². The molecule has 3 heteroatoms. The zero-order valence-corrected chi connectivity index (χ0v) is 6.85. The summed E-state index contributed by atoms with van der Waals surface area (Å²) < 4.78 is 24.3. The van der Waals surface area contributed by atoms with Gasteiger partial charge in [-0.3, -0.25) is 0 Å². The van der Waals surface area contributed by atoms with E-state index in [4.69, 9.17) is 0 Å². The van der Waals surface area contributed by atoms with Gasteiger partial charge in [-0.1, -0.05) is 12.1 Å². The Morgan fingerprint density at radius 1 is 1.42 bits per heavy atom. The maximum atomic E-state index is 12.2. The third-order valence-electron chi connectivity index (χ3n) is 1.52. The number of halogens is 2. The van der Waals surface area contributed by atoms with Gasteiger partial charge in [-0.2, -0.15) is 0 Å². The van der Waals surface area contributed by atoms with Crippen molar-refractivity contribution in [3.8, 4) is 0 Å². The highest BCUT2D eigenvalue weighted by molar-refractivity contribution is 5.45. The Hall–Kier alpha value is -1.12. The third kappa shape index (κ3) is 2.19. The molecule has 12 heavy (non-hydrogen) atoms. The molecule has 0 aliphatic carbocycles. The van der Waals surface area contributed by atoms with Crippen LogP contribution in [-0.4, -0.2) is 6.54 Å². The largest absolute Gasteiger partial charge is 0.385 e. The molecule has 66 valence electrons. The van der Waals surface area contributed by atoms with E-state index in [1.54, 1.807) is 12.1 Å². The summed E-state index contributed by atoms with van der Waals surface area (Å²) in [6.07, 6.45) is -2.39. The first-order valence-corrected chi connectivity index (χ1v) is 3.86. The van der Waals surface area contributed by atoms with Crippen molar-refractivity contribution in [2.45, 2.75) is 13.3 Å². The van der Waals surface area contributed by atoms with Gasteiger partial charge in [0.2, 0.25) is 0 Å². The minimum Gasteiger partial charge on any atom is -0.385 e. The number of nitrogens with one attached hydrogen (secondary N) is 1. The molecule has 0 saturated heterocycles. The molecule has 0 spiro atoms. The summed E-state index contributed by atoms with van der Waals surface area (Å²) in [5, 5.41) is 2.97. The van der Waals surface area contributed by atoms with Crippen molar-refractivity contribution in [1.29, 1.82) is 0 Å². The van der Waals surface area contributed by atoms with E-state index in [1.807, 2.05) is 6.92 Å². The Labute approximate surface area is 70.4 Å². The molecule has 0 atom stereocenters. The molecule has 0 aromatic heterocycles. The van der Waals surface area contributed by atoms with Gasteiger partial charge in [-0.15, -0.1) is 0 Å². The van der Waals surface area contributed by atoms with Gasteiger partial charge < -0.3 is 5.32 Å². The fourth-order valence-corrected chi connectivity index (χ4v) is 0.988. The third-order valence-corrected chi connectivity index (χ3v) is 1.52. The van der Waals surface area contributed by atoms with Crippen LogP contribution in [0.3, 0.4) is 0 Å². The lowest BCUT2D eigenvalue weighted by Crippen LogP contribution is -1.96. The number of hydrogen-bond donors (Lipinski definition) is 1. The van der Waals surface area contributed by atoms with Gasteiger partial charge in [-0.05, 0) is 19.1 Å². The summed E-state index contributed by atoms with van der Waals surface area (Å²) in [4.78, 5) is 0. The first-order valence-electron chi connectivity index (χ1n) is 3.86. The van der Waals surface area contributed by atoms with E-state index in [2.05, 4.69) is 5.32 Å². The minimum absolute atomic E-state index is 0.0634. The molecule has 0 radical (unpaired) electrons. The van der Waals surface area contributed by atoms with Crippen LogP contribution in [-0.2, 0) is 0 Å². The standard InChI is InChI=1S/C9H11F2N/c1-2-12-8-5-3-4-7(6-8)9(10)11/h3-6,9,12H,2H2,1H3. The van der Waals surface area contributed by atoms with E-state index >= 15 is 0 Å². The lowest BCUT2D eigenvalue weighted by molar-refractivity contribution is 0.151. The molecule has 0 bridgehead atoms. The van der Waals surface area contributed by atoms with Gasteiger partial charge in [0.25, 0.3) is 6.43 Å². The lowest BCUT2D eigenvalue weighted by atomic mass is 10.2. The van der Waals surface area contributed by atoms with Gasteiger partial charge in [0, 0.05) is 17.8 Å². The van der Waals surface area contributed by atoms with Crippen molar-refractivity contribution in [2.24, 2.45) is 0 Å².